The van der Waals surface area contributed by atoms with Crippen molar-refractivity contribution in [3.05, 3.63) is 96.5 Å². The van der Waals surface area contributed by atoms with Crippen LogP contribution in [-0.2, 0) is 4.79 Å². The van der Waals surface area contributed by atoms with E-state index >= 15 is 0 Å². The number of hydrogen-bond acceptors (Lipinski definition) is 2. The van der Waals surface area contributed by atoms with Crippen molar-refractivity contribution in [1.82, 2.24) is 0 Å². The molecule has 0 spiro atoms. The van der Waals surface area contributed by atoms with Gasteiger partial charge in [-0.3, -0.25) is 4.39 Å². The van der Waals surface area contributed by atoms with E-state index in [0.29, 0.717) is 33.0 Å². The van der Waals surface area contributed by atoms with Gasteiger partial charge in [0.1, 0.15) is 12.1 Å². The van der Waals surface area contributed by atoms with Crippen LogP contribution in [0.5, 0.6) is 0 Å². The molecule has 0 aromatic heterocycles. The molecular formula is C31H44F5NO. The molecule has 1 aliphatic rings. The summed E-state index contributed by atoms with van der Waals surface area (Å²) in [5.41, 5.74) is 5.87. The first-order valence-corrected chi connectivity index (χ1v) is 12.5. The molecule has 214 valence electrons. The van der Waals surface area contributed by atoms with Crippen LogP contribution < -0.4 is 5.73 Å². The third-order valence-electron chi connectivity index (χ3n) is 5.19. The average molecular weight is 542 g/mol. The van der Waals surface area contributed by atoms with Gasteiger partial charge in [0.2, 0.25) is 0 Å². The quantitative estimate of drug-likeness (QED) is 0.0931. The lowest BCUT2D eigenvalue weighted by Gasteiger charge is -2.31. The first-order valence-electron chi connectivity index (χ1n) is 12.5. The summed E-state index contributed by atoms with van der Waals surface area (Å²) in [4.78, 5) is 11.9. The number of alkyl halides is 4. The van der Waals surface area contributed by atoms with Gasteiger partial charge < -0.3 is 10.5 Å². The first-order chi connectivity index (χ1) is 17.8. The van der Waals surface area contributed by atoms with Crippen LogP contribution in [0.3, 0.4) is 0 Å². The summed E-state index contributed by atoms with van der Waals surface area (Å²) in [5, 5.41) is 0. The molecule has 0 bridgehead atoms. The van der Waals surface area contributed by atoms with Crippen molar-refractivity contribution in [2.45, 2.75) is 66.0 Å². The maximum Gasteiger partial charge on any atom is 0.389 e. The van der Waals surface area contributed by atoms with Crippen molar-refractivity contribution >= 4 is 6.29 Å². The van der Waals surface area contributed by atoms with Gasteiger partial charge in [-0.1, -0.05) is 73.3 Å². The van der Waals surface area contributed by atoms with Crippen molar-refractivity contribution in [3.8, 4) is 0 Å². The zero-order valence-electron chi connectivity index (χ0n) is 23.3. The molecule has 2 atom stereocenters. The van der Waals surface area contributed by atoms with Crippen LogP contribution in [0.2, 0.25) is 0 Å². The van der Waals surface area contributed by atoms with Gasteiger partial charge in [0.05, 0.1) is 7.18 Å². The minimum absolute atomic E-state index is 0.0251. The molecule has 2 unspecified atom stereocenters. The summed E-state index contributed by atoms with van der Waals surface area (Å²) in [6.07, 6.45) is 18.1. The van der Waals surface area contributed by atoms with Crippen molar-refractivity contribution in [3.63, 3.8) is 0 Å². The van der Waals surface area contributed by atoms with Crippen molar-refractivity contribution in [2.75, 3.05) is 13.7 Å². The largest absolute Gasteiger partial charge is 0.389 e. The van der Waals surface area contributed by atoms with Crippen LogP contribution in [0.15, 0.2) is 96.5 Å². The number of carbonyl (C=O) groups is 1. The summed E-state index contributed by atoms with van der Waals surface area (Å²) >= 11 is 0. The minimum atomic E-state index is -4.15. The summed E-state index contributed by atoms with van der Waals surface area (Å²) in [6, 6.07) is 0. The van der Waals surface area contributed by atoms with Gasteiger partial charge in [-0.2, -0.15) is 13.2 Å². The van der Waals surface area contributed by atoms with Gasteiger partial charge in [0.25, 0.3) is 0 Å². The molecule has 0 aliphatic heterocycles. The second-order valence-electron chi connectivity index (χ2n) is 9.41. The highest BCUT2D eigenvalue weighted by molar-refractivity contribution is 5.62. The van der Waals surface area contributed by atoms with Crippen molar-refractivity contribution in [1.29, 1.82) is 0 Å². The smallest absolute Gasteiger partial charge is 0.327 e. The van der Waals surface area contributed by atoms with Crippen molar-refractivity contribution < 1.29 is 26.7 Å². The van der Waals surface area contributed by atoms with Crippen molar-refractivity contribution in [2.24, 2.45) is 16.6 Å². The third-order valence-corrected chi connectivity index (χ3v) is 5.19. The summed E-state index contributed by atoms with van der Waals surface area (Å²) < 4.78 is 60.5. The highest BCUT2D eigenvalue weighted by atomic mass is 19.4. The Morgan fingerprint density at radius 3 is 2.42 bits per heavy atom. The number of carbonyl (C=O) groups excluding carboxylic acids is 1. The predicted octanol–water partition coefficient (Wildman–Crippen LogP) is 9.41. The molecule has 0 fully saturated rings. The maximum absolute atomic E-state index is 14.1. The van der Waals surface area contributed by atoms with E-state index in [9.17, 15) is 26.7 Å². The zero-order valence-corrected chi connectivity index (χ0v) is 23.3. The fraction of sp³-hybridized carbons (Fsp3) is 0.452. The van der Waals surface area contributed by atoms with E-state index < -0.39 is 23.4 Å². The number of hydrogen-bond donors (Lipinski definition) is 1. The van der Waals surface area contributed by atoms with Gasteiger partial charge in [-0.15, -0.1) is 6.58 Å². The Kier molecular flexibility index (Phi) is 19.9. The second-order valence-corrected chi connectivity index (χ2v) is 9.41. The van der Waals surface area contributed by atoms with E-state index in [1.807, 2.05) is 39.0 Å². The number of nitrogens with two attached hydrogens (primary N) is 1. The summed E-state index contributed by atoms with van der Waals surface area (Å²) in [6.45, 7) is 11.1. The van der Waals surface area contributed by atoms with Crippen LogP contribution in [0.25, 0.3) is 0 Å². The Hall–Kier alpha value is -2.80. The molecule has 38 heavy (non-hydrogen) atoms. The Morgan fingerprint density at radius 2 is 1.87 bits per heavy atom. The molecule has 0 aromatic rings. The average Bonchev–Trinajstić information content (AvgIpc) is 2.83. The molecule has 0 aromatic carbocycles. The zero-order chi connectivity index (χ0) is 29.7. The molecular weight excluding hydrogens is 497 g/mol. The van der Waals surface area contributed by atoms with Crippen LogP contribution in [-0.4, -0.2) is 26.2 Å². The molecule has 1 aliphatic carbocycles. The molecule has 2 N–H and O–H groups in total. The lowest BCUT2D eigenvalue weighted by Crippen LogP contribution is -2.25. The molecule has 0 amide bonds. The molecule has 7 heteroatoms. The molecule has 0 heterocycles. The van der Waals surface area contributed by atoms with E-state index in [1.54, 1.807) is 49.5 Å². The van der Waals surface area contributed by atoms with Gasteiger partial charge in [-0.05, 0) is 64.2 Å². The second kappa shape index (κ2) is 20.2. The first kappa shape index (κ1) is 37.4. The number of allylic oxidation sites excluding steroid dienone is 14. The minimum Gasteiger partial charge on any atom is -0.327 e. The predicted molar refractivity (Wildman–Crippen MR) is 151 cm³/mol. The van der Waals surface area contributed by atoms with Gasteiger partial charge in [0, 0.05) is 23.8 Å². The summed E-state index contributed by atoms with van der Waals surface area (Å²) in [7, 11) is 0.500. The standard InChI is InChI=1S/C27H35F4NO.C3H6.CH3F/c1-22(19-32)17-23(11-6-4-9-16-27(29,30)31)12-10-15-26(3,21-33)20-25(2)14-8-5-7-13-24(28)18-25;1-3-2;1-2/h6-8,10-15,17-18,21H,4-5,9,16,19-20,32H2,1-3H3;3H,1H2,2H3;1H3/b11-6+,13-7-,14-8?,15-10+,22-17+,23-12-,24-18+;;. The topological polar surface area (TPSA) is 43.1 Å². The number of halogens is 5. The Balaban J connectivity index is 0. The number of unbranched alkanes of at least 4 members (excludes halogenated alkanes) is 1. The van der Waals surface area contributed by atoms with E-state index in [-0.39, 0.29) is 12.2 Å². The lowest BCUT2D eigenvalue weighted by atomic mass is 9.72. The monoisotopic (exact) mass is 541 g/mol. The maximum atomic E-state index is 14.1. The van der Waals surface area contributed by atoms with Gasteiger partial charge in [0.15, 0.2) is 0 Å². The van der Waals surface area contributed by atoms with Crippen LogP contribution in [0, 0.1) is 10.8 Å². The Morgan fingerprint density at radius 1 is 1.24 bits per heavy atom. The van der Waals surface area contributed by atoms with Crippen LogP contribution in [0.1, 0.15) is 59.8 Å². The lowest BCUT2D eigenvalue weighted by molar-refractivity contribution is -0.135. The normalized spacial score (nSPS) is 22.1. The third kappa shape index (κ3) is 19.3. The van der Waals surface area contributed by atoms with E-state index in [0.717, 1.165) is 17.4 Å². The summed E-state index contributed by atoms with van der Waals surface area (Å²) in [5.74, 6) is -0.334. The van der Waals surface area contributed by atoms with E-state index in [1.165, 1.54) is 12.2 Å². The van der Waals surface area contributed by atoms with Gasteiger partial charge in [-0.25, -0.2) is 4.39 Å². The van der Waals surface area contributed by atoms with E-state index in [4.69, 9.17) is 5.73 Å². The molecule has 0 radical (unpaired) electrons. The SMILES string of the molecule is C=CC.CF.C\C(=C/C(=C\C=C\C(C)(C=O)CC1(C)C=CC/C=C\C(F)=C/1)/C=C/CCCC(F)(F)F)CN. The van der Waals surface area contributed by atoms with Crippen LogP contribution in [0.4, 0.5) is 22.0 Å². The Bertz CT molecular complexity index is 906. The van der Waals surface area contributed by atoms with Crippen LogP contribution >= 0.6 is 0 Å². The highest BCUT2D eigenvalue weighted by Crippen LogP contribution is 2.38. The highest BCUT2D eigenvalue weighted by Gasteiger charge is 2.31. The van der Waals surface area contributed by atoms with E-state index in [2.05, 4.69) is 6.58 Å². The molecule has 1 rings (SSSR count). The Labute approximate surface area is 226 Å². The molecule has 2 nitrogen and oxygen atoms in total. The van der Waals surface area contributed by atoms with Gasteiger partial charge >= 0.3 is 6.18 Å². The molecule has 0 saturated carbocycles. The number of rotatable bonds is 11. The number of aldehydes is 1. The fourth-order valence-corrected chi connectivity index (χ4v) is 3.59. The molecule has 0 saturated heterocycles. The fourth-order valence-electron chi connectivity index (χ4n) is 3.59.